The average molecular weight is 338 g/mol. The van der Waals surface area contributed by atoms with E-state index in [0.717, 1.165) is 44.7 Å². The van der Waals surface area contributed by atoms with Crippen molar-refractivity contribution in [3.63, 3.8) is 0 Å². The second-order valence-corrected chi connectivity index (χ2v) is 7.74. The summed E-state index contributed by atoms with van der Waals surface area (Å²) < 4.78 is 2.37. The molecule has 0 radical (unpaired) electrons. The van der Waals surface area contributed by atoms with Crippen molar-refractivity contribution in [2.24, 2.45) is 0 Å². The maximum Gasteiger partial charge on any atom is 0.137 e. The Morgan fingerprint density at radius 2 is 1.84 bits per heavy atom. The number of piperidine rings is 1. The lowest BCUT2D eigenvalue weighted by molar-refractivity contribution is 0.468. The molecule has 0 bridgehead atoms. The van der Waals surface area contributed by atoms with Gasteiger partial charge >= 0.3 is 0 Å². The van der Waals surface area contributed by atoms with Crippen LogP contribution in [0.1, 0.15) is 66.8 Å². The van der Waals surface area contributed by atoms with Gasteiger partial charge in [0.2, 0.25) is 0 Å². The number of hydrogen-bond acceptors (Lipinski definition) is 5. The SMILES string of the molecule is Cc1nc2c(c(N3CCCC(c4nnc5n4CCC5)C3)n1)CCCC2. The summed E-state index contributed by atoms with van der Waals surface area (Å²) in [5, 5.41) is 8.97. The summed E-state index contributed by atoms with van der Waals surface area (Å²) in [6.45, 7) is 5.24. The van der Waals surface area contributed by atoms with Crippen LogP contribution >= 0.6 is 0 Å². The number of nitrogens with zero attached hydrogens (tertiary/aromatic N) is 6. The molecule has 2 aliphatic heterocycles. The van der Waals surface area contributed by atoms with Gasteiger partial charge in [-0.1, -0.05) is 0 Å². The third kappa shape index (κ3) is 2.62. The van der Waals surface area contributed by atoms with E-state index < -0.39 is 0 Å². The van der Waals surface area contributed by atoms with Crippen molar-refractivity contribution in [1.82, 2.24) is 24.7 Å². The van der Waals surface area contributed by atoms with Crippen LogP contribution in [0.25, 0.3) is 0 Å². The Labute approximate surface area is 148 Å². The van der Waals surface area contributed by atoms with E-state index in [0.29, 0.717) is 5.92 Å². The molecule has 5 rings (SSSR count). The Balaban J connectivity index is 1.46. The molecule has 0 spiro atoms. The fourth-order valence-corrected chi connectivity index (χ4v) is 4.81. The Morgan fingerprint density at radius 3 is 2.80 bits per heavy atom. The Bertz CT molecular complexity index is 795. The zero-order valence-corrected chi connectivity index (χ0v) is 15.0. The molecule has 0 amide bonds. The van der Waals surface area contributed by atoms with Crippen LogP contribution < -0.4 is 4.90 Å². The molecule has 1 aliphatic carbocycles. The molecule has 1 unspecified atom stereocenters. The summed E-state index contributed by atoms with van der Waals surface area (Å²) in [7, 11) is 0. The highest BCUT2D eigenvalue weighted by atomic mass is 15.3. The van der Waals surface area contributed by atoms with Crippen molar-refractivity contribution < 1.29 is 0 Å². The highest BCUT2D eigenvalue weighted by Gasteiger charge is 2.30. The van der Waals surface area contributed by atoms with E-state index in [1.54, 1.807) is 0 Å². The zero-order chi connectivity index (χ0) is 16.8. The van der Waals surface area contributed by atoms with Crippen LogP contribution in [0.3, 0.4) is 0 Å². The second-order valence-electron chi connectivity index (χ2n) is 7.74. The number of aromatic nitrogens is 5. The summed E-state index contributed by atoms with van der Waals surface area (Å²) in [5.41, 5.74) is 2.70. The molecule has 4 heterocycles. The van der Waals surface area contributed by atoms with Gasteiger partial charge in [0.1, 0.15) is 23.3 Å². The van der Waals surface area contributed by atoms with Crippen molar-refractivity contribution >= 4 is 5.82 Å². The van der Waals surface area contributed by atoms with Crippen LogP contribution in [0, 0.1) is 6.92 Å². The minimum Gasteiger partial charge on any atom is -0.356 e. The smallest absolute Gasteiger partial charge is 0.137 e. The lowest BCUT2D eigenvalue weighted by Crippen LogP contribution is -2.37. The molecular formula is C19H26N6. The fourth-order valence-electron chi connectivity index (χ4n) is 4.81. The summed E-state index contributed by atoms with van der Waals surface area (Å²) in [6.07, 6.45) is 9.48. The van der Waals surface area contributed by atoms with E-state index >= 15 is 0 Å². The molecule has 0 aromatic carbocycles. The Kier molecular flexibility index (Phi) is 3.71. The van der Waals surface area contributed by atoms with Crippen LogP contribution in [-0.2, 0) is 25.8 Å². The average Bonchev–Trinajstić information content (AvgIpc) is 3.24. The molecule has 6 nitrogen and oxygen atoms in total. The Morgan fingerprint density at radius 1 is 0.920 bits per heavy atom. The number of anilines is 1. The molecule has 0 N–H and O–H groups in total. The normalized spacial score (nSPS) is 22.8. The first kappa shape index (κ1) is 15.3. The minimum absolute atomic E-state index is 0.475. The predicted molar refractivity (Wildman–Crippen MR) is 95.9 cm³/mol. The summed E-state index contributed by atoms with van der Waals surface area (Å²) in [5.74, 6) is 4.98. The summed E-state index contributed by atoms with van der Waals surface area (Å²) in [4.78, 5) is 12.1. The highest BCUT2D eigenvalue weighted by molar-refractivity contribution is 5.51. The quantitative estimate of drug-likeness (QED) is 0.842. The van der Waals surface area contributed by atoms with Gasteiger partial charge in [0.25, 0.3) is 0 Å². The van der Waals surface area contributed by atoms with E-state index in [9.17, 15) is 0 Å². The molecule has 25 heavy (non-hydrogen) atoms. The van der Waals surface area contributed by atoms with Crippen molar-refractivity contribution in [3.05, 3.63) is 28.7 Å². The van der Waals surface area contributed by atoms with Crippen LogP contribution in [0.4, 0.5) is 5.82 Å². The first-order chi connectivity index (χ1) is 12.3. The lowest BCUT2D eigenvalue weighted by atomic mass is 9.93. The molecule has 6 heteroatoms. The van der Waals surface area contributed by atoms with Gasteiger partial charge in [-0.15, -0.1) is 10.2 Å². The number of fused-ring (bicyclic) bond motifs is 2. The van der Waals surface area contributed by atoms with Crippen molar-refractivity contribution in [3.8, 4) is 0 Å². The molecule has 3 aliphatic rings. The van der Waals surface area contributed by atoms with Crippen LogP contribution in [-0.4, -0.2) is 37.8 Å². The number of aryl methyl sites for hydroxylation is 3. The fraction of sp³-hybridized carbons (Fsp3) is 0.684. The number of rotatable bonds is 2. The first-order valence-electron chi connectivity index (χ1n) is 9.83. The van der Waals surface area contributed by atoms with Crippen LogP contribution in [0.2, 0.25) is 0 Å². The maximum atomic E-state index is 4.87. The van der Waals surface area contributed by atoms with Gasteiger partial charge in [-0.3, -0.25) is 0 Å². The van der Waals surface area contributed by atoms with Crippen molar-refractivity contribution in [2.75, 3.05) is 18.0 Å². The molecule has 2 aromatic heterocycles. The third-order valence-corrected chi connectivity index (χ3v) is 6.00. The largest absolute Gasteiger partial charge is 0.356 e. The van der Waals surface area contributed by atoms with E-state index in [1.807, 2.05) is 6.92 Å². The molecule has 1 atom stereocenters. The zero-order valence-electron chi connectivity index (χ0n) is 15.0. The van der Waals surface area contributed by atoms with Gasteiger partial charge in [0.15, 0.2) is 0 Å². The van der Waals surface area contributed by atoms with Crippen LogP contribution in [0.5, 0.6) is 0 Å². The van der Waals surface area contributed by atoms with Gasteiger partial charge in [0, 0.05) is 43.2 Å². The predicted octanol–water partition coefficient (Wildman–Crippen LogP) is 2.59. The molecule has 0 saturated carbocycles. The van der Waals surface area contributed by atoms with Gasteiger partial charge < -0.3 is 9.47 Å². The lowest BCUT2D eigenvalue weighted by Gasteiger charge is -2.35. The topological polar surface area (TPSA) is 59.7 Å². The maximum absolute atomic E-state index is 4.87. The van der Waals surface area contributed by atoms with Crippen LogP contribution in [0.15, 0.2) is 0 Å². The molecule has 2 aromatic rings. The molecule has 1 fully saturated rings. The van der Waals surface area contributed by atoms with Gasteiger partial charge in [-0.2, -0.15) is 0 Å². The highest BCUT2D eigenvalue weighted by Crippen LogP contribution is 2.34. The molecule has 1 saturated heterocycles. The van der Waals surface area contributed by atoms with Crippen molar-refractivity contribution in [1.29, 1.82) is 0 Å². The van der Waals surface area contributed by atoms with Gasteiger partial charge in [-0.25, -0.2) is 9.97 Å². The molecule has 132 valence electrons. The van der Waals surface area contributed by atoms with E-state index in [2.05, 4.69) is 19.7 Å². The summed E-state index contributed by atoms with van der Waals surface area (Å²) in [6, 6.07) is 0. The standard InChI is InChI=1S/C19H26N6/c1-13-20-16-8-3-2-7-15(16)19(21-13)24-10-4-6-14(12-24)18-23-22-17-9-5-11-25(17)18/h14H,2-12H2,1H3. The van der Waals surface area contributed by atoms with Crippen molar-refractivity contribution in [2.45, 2.75) is 70.8 Å². The second kappa shape index (κ2) is 6.07. The Hall–Kier alpha value is -1.98. The van der Waals surface area contributed by atoms with Gasteiger partial charge in [0.05, 0.1) is 0 Å². The molecular weight excluding hydrogens is 312 g/mol. The van der Waals surface area contributed by atoms with Gasteiger partial charge in [-0.05, 0) is 51.9 Å². The summed E-state index contributed by atoms with van der Waals surface area (Å²) >= 11 is 0. The number of hydrogen-bond donors (Lipinski definition) is 0. The monoisotopic (exact) mass is 338 g/mol. The first-order valence-corrected chi connectivity index (χ1v) is 9.83. The third-order valence-electron chi connectivity index (χ3n) is 6.00. The van der Waals surface area contributed by atoms with E-state index in [-0.39, 0.29) is 0 Å². The van der Waals surface area contributed by atoms with E-state index in [1.165, 1.54) is 60.8 Å². The van der Waals surface area contributed by atoms with E-state index in [4.69, 9.17) is 9.97 Å². The minimum atomic E-state index is 0.475.